The lowest BCUT2D eigenvalue weighted by molar-refractivity contribution is -0.134. The highest BCUT2D eigenvalue weighted by Gasteiger charge is 2.48. The van der Waals surface area contributed by atoms with Crippen LogP contribution in [-0.2, 0) is 16.0 Å². The number of nitrogens with one attached hydrogen (secondary N) is 1. The SMILES string of the molecule is CCC[C@@]1(C)NC(=O)N(CC(=O)N2c3ccccc3C[C@H]2C)C1=O. The molecular weight excluding hydrogens is 306 g/mol. The van der Waals surface area contributed by atoms with Crippen molar-refractivity contribution in [2.24, 2.45) is 0 Å². The largest absolute Gasteiger partial charge is 0.325 e. The molecule has 1 N–H and O–H groups in total. The first-order valence-electron chi connectivity index (χ1n) is 8.41. The molecule has 0 bridgehead atoms. The number of rotatable bonds is 4. The summed E-state index contributed by atoms with van der Waals surface area (Å²) in [5.74, 6) is -0.542. The topological polar surface area (TPSA) is 69.7 Å². The third-order valence-corrected chi connectivity index (χ3v) is 4.86. The maximum Gasteiger partial charge on any atom is 0.325 e. The van der Waals surface area contributed by atoms with Gasteiger partial charge in [-0.25, -0.2) is 4.79 Å². The van der Waals surface area contributed by atoms with E-state index in [0.29, 0.717) is 6.42 Å². The van der Waals surface area contributed by atoms with Crippen molar-refractivity contribution in [3.05, 3.63) is 29.8 Å². The molecule has 0 unspecified atom stereocenters. The second-order valence-electron chi connectivity index (χ2n) is 6.85. The summed E-state index contributed by atoms with van der Waals surface area (Å²) in [5.41, 5.74) is 1.09. The van der Waals surface area contributed by atoms with E-state index in [9.17, 15) is 14.4 Å². The maximum atomic E-state index is 12.8. The molecule has 6 nitrogen and oxygen atoms in total. The monoisotopic (exact) mass is 329 g/mol. The van der Waals surface area contributed by atoms with E-state index in [4.69, 9.17) is 0 Å². The van der Waals surface area contributed by atoms with E-state index in [0.717, 1.165) is 29.0 Å². The summed E-state index contributed by atoms with van der Waals surface area (Å²) in [6, 6.07) is 7.30. The van der Waals surface area contributed by atoms with Crippen LogP contribution in [0.15, 0.2) is 24.3 Å². The Morgan fingerprint density at radius 2 is 2.04 bits per heavy atom. The summed E-state index contributed by atoms with van der Waals surface area (Å²) in [4.78, 5) is 40.3. The first-order valence-corrected chi connectivity index (χ1v) is 8.41. The van der Waals surface area contributed by atoms with Gasteiger partial charge in [-0.1, -0.05) is 31.5 Å². The van der Waals surface area contributed by atoms with Crippen molar-refractivity contribution in [1.29, 1.82) is 0 Å². The van der Waals surface area contributed by atoms with E-state index >= 15 is 0 Å². The zero-order chi connectivity index (χ0) is 17.5. The fourth-order valence-electron chi connectivity index (χ4n) is 3.72. The number of anilines is 1. The summed E-state index contributed by atoms with van der Waals surface area (Å²) in [6.07, 6.45) is 2.13. The number of hydrogen-bond acceptors (Lipinski definition) is 3. The van der Waals surface area contributed by atoms with Crippen LogP contribution >= 0.6 is 0 Å². The number of carbonyl (C=O) groups is 3. The van der Waals surface area contributed by atoms with Crippen molar-refractivity contribution < 1.29 is 14.4 Å². The average molecular weight is 329 g/mol. The summed E-state index contributed by atoms with van der Waals surface area (Å²) < 4.78 is 0. The molecule has 0 aromatic heterocycles. The van der Waals surface area contributed by atoms with E-state index in [2.05, 4.69) is 5.32 Å². The molecule has 1 saturated heterocycles. The number of nitrogens with zero attached hydrogens (tertiary/aromatic N) is 2. The van der Waals surface area contributed by atoms with Gasteiger partial charge in [0, 0.05) is 11.7 Å². The Morgan fingerprint density at radius 1 is 1.33 bits per heavy atom. The smallest absolute Gasteiger partial charge is 0.323 e. The van der Waals surface area contributed by atoms with E-state index in [1.54, 1.807) is 11.8 Å². The van der Waals surface area contributed by atoms with Crippen molar-refractivity contribution >= 4 is 23.5 Å². The van der Waals surface area contributed by atoms with Crippen LogP contribution in [0.4, 0.5) is 10.5 Å². The molecule has 2 aliphatic rings. The van der Waals surface area contributed by atoms with Crippen molar-refractivity contribution in [1.82, 2.24) is 10.2 Å². The zero-order valence-corrected chi connectivity index (χ0v) is 14.3. The normalized spacial score (nSPS) is 25.9. The predicted molar refractivity (Wildman–Crippen MR) is 90.7 cm³/mol. The summed E-state index contributed by atoms with van der Waals surface area (Å²) in [6.45, 7) is 5.43. The molecule has 2 atom stereocenters. The van der Waals surface area contributed by atoms with Gasteiger partial charge in [-0.3, -0.25) is 14.5 Å². The van der Waals surface area contributed by atoms with Gasteiger partial charge >= 0.3 is 6.03 Å². The zero-order valence-electron chi connectivity index (χ0n) is 14.3. The maximum absolute atomic E-state index is 12.8. The number of para-hydroxylation sites is 1. The van der Waals surface area contributed by atoms with Gasteiger partial charge in [0.2, 0.25) is 5.91 Å². The van der Waals surface area contributed by atoms with Gasteiger partial charge in [0.1, 0.15) is 12.1 Å². The van der Waals surface area contributed by atoms with E-state index in [1.807, 2.05) is 38.1 Å². The molecule has 1 fully saturated rings. The van der Waals surface area contributed by atoms with E-state index < -0.39 is 11.6 Å². The van der Waals surface area contributed by atoms with Crippen molar-refractivity contribution in [2.45, 2.75) is 51.6 Å². The lowest BCUT2D eigenvalue weighted by Crippen LogP contribution is -2.47. The molecule has 6 heteroatoms. The molecule has 24 heavy (non-hydrogen) atoms. The number of amides is 4. The van der Waals surface area contributed by atoms with Gasteiger partial charge in [0.25, 0.3) is 5.91 Å². The van der Waals surface area contributed by atoms with Crippen LogP contribution < -0.4 is 10.2 Å². The van der Waals surface area contributed by atoms with Crippen molar-refractivity contribution in [3.8, 4) is 0 Å². The van der Waals surface area contributed by atoms with Crippen LogP contribution in [0.25, 0.3) is 0 Å². The molecule has 4 amide bonds. The predicted octanol–water partition coefficient (Wildman–Crippen LogP) is 2.07. The molecule has 0 spiro atoms. The minimum atomic E-state index is -0.902. The molecule has 128 valence electrons. The van der Waals surface area contributed by atoms with E-state index in [-0.39, 0.29) is 24.4 Å². The van der Waals surface area contributed by atoms with Gasteiger partial charge in [0.05, 0.1) is 0 Å². The molecule has 1 aromatic carbocycles. The molecule has 1 aromatic rings. The van der Waals surface area contributed by atoms with Gasteiger partial charge in [-0.15, -0.1) is 0 Å². The Balaban J connectivity index is 1.78. The van der Waals surface area contributed by atoms with Crippen LogP contribution in [0, 0.1) is 0 Å². The highest BCUT2D eigenvalue weighted by Crippen LogP contribution is 2.32. The van der Waals surface area contributed by atoms with Gasteiger partial charge in [-0.05, 0) is 38.3 Å². The van der Waals surface area contributed by atoms with Gasteiger partial charge in [0.15, 0.2) is 0 Å². The van der Waals surface area contributed by atoms with Crippen LogP contribution in [-0.4, -0.2) is 40.9 Å². The number of carbonyl (C=O) groups excluding carboxylic acids is 3. The van der Waals surface area contributed by atoms with Crippen LogP contribution in [0.3, 0.4) is 0 Å². The minimum absolute atomic E-state index is 0.0256. The first-order chi connectivity index (χ1) is 11.4. The van der Waals surface area contributed by atoms with Crippen LogP contribution in [0.2, 0.25) is 0 Å². The Kier molecular flexibility index (Phi) is 4.07. The minimum Gasteiger partial charge on any atom is -0.323 e. The first kappa shape index (κ1) is 16.5. The number of fused-ring (bicyclic) bond motifs is 1. The number of urea groups is 1. The Hall–Kier alpha value is -2.37. The Morgan fingerprint density at radius 3 is 2.75 bits per heavy atom. The molecule has 0 saturated carbocycles. The molecule has 0 radical (unpaired) electrons. The Bertz CT molecular complexity index is 703. The van der Waals surface area contributed by atoms with Gasteiger partial charge < -0.3 is 10.2 Å². The number of hydrogen-bond donors (Lipinski definition) is 1. The third kappa shape index (κ3) is 2.56. The summed E-state index contributed by atoms with van der Waals surface area (Å²) in [5, 5.41) is 2.72. The number of benzene rings is 1. The number of imide groups is 1. The van der Waals surface area contributed by atoms with Gasteiger partial charge in [-0.2, -0.15) is 0 Å². The standard InChI is InChI=1S/C18H23N3O3/c1-4-9-18(3)16(23)20(17(24)19-18)11-15(22)21-12(2)10-13-7-5-6-8-14(13)21/h5-8,12H,4,9-11H2,1-3H3,(H,19,24)/t12-,18-/m1/s1. The Labute approximate surface area is 141 Å². The van der Waals surface area contributed by atoms with Crippen molar-refractivity contribution in [3.63, 3.8) is 0 Å². The highest BCUT2D eigenvalue weighted by atomic mass is 16.2. The quantitative estimate of drug-likeness (QED) is 0.860. The van der Waals surface area contributed by atoms with E-state index in [1.165, 1.54) is 0 Å². The summed E-state index contributed by atoms with van der Waals surface area (Å²) in [7, 11) is 0. The average Bonchev–Trinajstić information content (AvgIpc) is 2.96. The van der Waals surface area contributed by atoms with Crippen LogP contribution in [0.5, 0.6) is 0 Å². The van der Waals surface area contributed by atoms with Crippen LogP contribution in [0.1, 0.15) is 39.2 Å². The third-order valence-electron chi connectivity index (χ3n) is 4.86. The fraction of sp³-hybridized carbons (Fsp3) is 0.500. The molecular formula is C18H23N3O3. The fourth-order valence-corrected chi connectivity index (χ4v) is 3.72. The molecule has 2 aliphatic heterocycles. The van der Waals surface area contributed by atoms with Crippen molar-refractivity contribution in [2.75, 3.05) is 11.4 Å². The molecule has 0 aliphatic carbocycles. The second-order valence-corrected chi connectivity index (χ2v) is 6.85. The molecule has 3 rings (SSSR count). The second kappa shape index (κ2) is 5.92. The summed E-state index contributed by atoms with van der Waals surface area (Å²) >= 11 is 0. The lowest BCUT2D eigenvalue weighted by Gasteiger charge is -2.25. The lowest BCUT2D eigenvalue weighted by atomic mass is 9.96. The molecule has 2 heterocycles. The highest BCUT2D eigenvalue weighted by molar-refractivity contribution is 6.10.